The van der Waals surface area contributed by atoms with Crippen LogP contribution < -0.4 is 0 Å². The predicted molar refractivity (Wildman–Crippen MR) is 81.9 cm³/mol. The maximum atomic E-state index is 12.2. The lowest BCUT2D eigenvalue weighted by Gasteiger charge is -2.19. The number of amides is 1. The highest BCUT2D eigenvalue weighted by Crippen LogP contribution is 2.25. The number of likely N-dealkylation sites (N-methyl/N-ethyl adjacent to an activating group) is 1. The summed E-state index contributed by atoms with van der Waals surface area (Å²) >= 11 is 0. The van der Waals surface area contributed by atoms with E-state index in [1.807, 2.05) is 13.1 Å². The average Bonchev–Trinajstić information content (AvgIpc) is 2.72. The molecule has 0 aliphatic rings. The standard InChI is InChI=1S/C17H23NO2/c1-11(2)9-18(5)17(19)8-14-10-20-16-7-13(4)12(3)6-15(14)16/h6-7,10-11H,8-9H2,1-5H3. The number of fused-ring (bicyclic) bond motifs is 1. The number of hydrogen-bond acceptors (Lipinski definition) is 2. The van der Waals surface area contributed by atoms with E-state index in [0.717, 1.165) is 23.1 Å². The highest BCUT2D eigenvalue weighted by Gasteiger charge is 2.15. The second-order valence-electron chi connectivity index (χ2n) is 6.04. The quantitative estimate of drug-likeness (QED) is 0.851. The van der Waals surface area contributed by atoms with Crippen molar-refractivity contribution >= 4 is 16.9 Å². The molecule has 2 rings (SSSR count). The third kappa shape index (κ3) is 3.03. The fourth-order valence-corrected chi connectivity index (χ4v) is 2.42. The predicted octanol–water partition coefficient (Wildman–Crippen LogP) is 3.71. The zero-order valence-electron chi connectivity index (χ0n) is 13.0. The molecule has 1 heterocycles. The van der Waals surface area contributed by atoms with E-state index < -0.39 is 0 Å². The Bertz CT molecular complexity index is 625. The first-order chi connectivity index (χ1) is 9.38. The summed E-state index contributed by atoms with van der Waals surface area (Å²) in [6.07, 6.45) is 2.11. The van der Waals surface area contributed by atoms with Gasteiger partial charge in [0.15, 0.2) is 0 Å². The third-order valence-corrected chi connectivity index (χ3v) is 3.68. The molecule has 3 nitrogen and oxygen atoms in total. The van der Waals surface area contributed by atoms with Gasteiger partial charge >= 0.3 is 0 Å². The Labute approximate surface area is 120 Å². The van der Waals surface area contributed by atoms with Gasteiger partial charge in [-0.05, 0) is 43.0 Å². The van der Waals surface area contributed by atoms with Gasteiger partial charge in [0.05, 0.1) is 12.7 Å². The van der Waals surface area contributed by atoms with Crippen LogP contribution in [0.3, 0.4) is 0 Å². The second kappa shape index (κ2) is 5.70. The number of rotatable bonds is 4. The molecule has 0 saturated heterocycles. The van der Waals surface area contributed by atoms with Crippen LogP contribution in [0.4, 0.5) is 0 Å². The summed E-state index contributed by atoms with van der Waals surface area (Å²) in [6.45, 7) is 9.16. The van der Waals surface area contributed by atoms with Crippen molar-refractivity contribution < 1.29 is 9.21 Å². The van der Waals surface area contributed by atoms with Crippen molar-refractivity contribution in [1.29, 1.82) is 0 Å². The van der Waals surface area contributed by atoms with Gasteiger partial charge in [-0.3, -0.25) is 4.79 Å². The molecule has 0 saturated carbocycles. The molecule has 0 aliphatic heterocycles. The number of benzene rings is 1. The molecule has 0 atom stereocenters. The minimum Gasteiger partial charge on any atom is -0.464 e. The van der Waals surface area contributed by atoms with Crippen LogP contribution in [-0.2, 0) is 11.2 Å². The molecule has 0 N–H and O–H groups in total. The molecule has 0 bridgehead atoms. The summed E-state index contributed by atoms with van der Waals surface area (Å²) in [5.74, 6) is 0.620. The van der Waals surface area contributed by atoms with Crippen LogP contribution in [0.5, 0.6) is 0 Å². The zero-order valence-corrected chi connectivity index (χ0v) is 13.0. The fraction of sp³-hybridized carbons (Fsp3) is 0.471. The summed E-state index contributed by atoms with van der Waals surface area (Å²) < 4.78 is 5.58. The number of carbonyl (C=O) groups is 1. The SMILES string of the molecule is Cc1cc2occ(CC(=O)N(C)CC(C)C)c2cc1C. The number of carbonyl (C=O) groups excluding carboxylic acids is 1. The van der Waals surface area contributed by atoms with E-state index in [1.165, 1.54) is 11.1 Å². The number of furan rings is 1. The second-order valence-corrected chi connectivity index (χ2v) is 6.04. The van der Waals surface area contributed by atoms with Gasteiger partial charge < -0.3 is 9.32 Å². The molecular weight excluding hydrogens is 250 g/mol. The van der Waals surface area contributed by atoms with Gasteiger partial charge in [0.1, 0.15) is 5.58 Å². The summed E-state index contributed by atoms with van der Waals surface area (Å²) in [7, 11) is 1.86. The molecule has 0 unspecified atom stereocenters. The molecule has 0 fully saturated rings. The monoisotopic (exact) mass is 273 g/mol. The lowest BCUT2D eigenvalue weighted by molar-refractivity contribution is -0.129. The first-order valence-electron chi connectivity index (χ1n) is 7.09. The van der Waals surface area contributed by atoms with E-state index in [0.29, 0.717) is 12.3 Å². The minimum atomic E-state index is 0.139. The van der Waals surface area contributed by atoms with E-state index in [-0.39, 0.29) is 5.91 Å². The first-order valence-corrected chi connectivity index (χ1v) is 7.09. The summed E-state index contributed by atoms with van der Waals surface area (Å²) in [4.78, 5) is 14.0. The largest absolute Gasteiger partial charge is 0.464 e. The number of nitrogens with zero attached hydrogens (tertiary/aromatic N) is 1. The van der Waals surface area contributed by atoms with Crippen LogP contribution in [0, 0.1) is 19.8 Å². The minimum absolute atomic E-state index is 0.139. The van der Waals surface area contributed by atoms with Gasteiger partial charge in [0.2, 0.25) is 5.91 Å². The van der Waals surface area contributed by atoms with Crippen molar-refractivity contribution in [2.75, 3.05) is 13.6 Å². The van der Waals surface area contributed by atoms with Gasteiger partial charge in [0.25, 0.3) is 0 Å². The maximum Gasteiger partial charge on any atom is 0.226 e. The highest BCUT2D eigenvalue weighted by atomic mass is 16.3. The molecule has 0 radical (unpaired) electrons. The molecule has 1 aromatic carbocycles. The normalized spacial score (nSPS) is 11.3. The molecule has 20 heavy (non-hydrogen) atoms. The van der Waals surface area contributed by atoms with Crippen LogP contribution in [0.15, 0.2) is 22.8 Å². The summed E-state index contributed by atoms with van der Waals surface area (Å²) in [5, 5.41) is 1.05. The highest BCUT2D eigenvalue weighted by molar-refractivity contribution is 5.88. The van der Waals surface area contributed by atoms with E-state index in [9.17, 15) is 4.79 Å². The Hall–Kier alpha value is -1.77. The fourth-order valence-electron chi connectivity index (χ4n) is 2.42. The molecule has 3 heteroatoms. The Morgan fingerprint density at radius 1 is 1.25 bits per heavy atom. The van der Waals surface area contributed by atoms with Gasteiger partial charge in [-0.25, -0.2) is 0 Å². The van der Waals surface area contributed by atoms with Gasteiger partial charge in [0, 0.05) is 24.5 Å². The smallest absolute Gasteiger partial charge is 0.226 e. The van der Waals surface area contributed by atoms with Crippen LogP contribution in [0.25, 0.3) is 11.0 Å². The van der Waals surface area contributed by atoms with Crippen molar-refractivity contribution in [3.05, 3.63) is 35.1 Å². The van der Waals surface area contributed by atoms with E-state index >= 15 is 0 Å². The van der Waals surface area contributed by atoms with Crippen LogP contribution in [0.2, 0.25) is 0 Å². The van der Waals surface area contributed by atoms with Gasteiger partial charge in [-0.2, -0.15) is 0 Å². The molecule has 108 valence electrons. The average molecular weight is 273 g/mol. The van der Waals surface area contributed by atoms with Gasteiger partial charge in [-0.15, -0.1) is 0 Å². The van der Waals surface area contributed by atoms with E-state index in [4.69, 9.17) is 4.42 Å². The van der Waals surface area contributed by atoms with Gasteiger partial charge in [-0.1, -0.05) is 13.8 Å². The molecular formula is C17H23NO2. The summed E-state index contributed by atoms with van der Waals surface area (Å²) in [6, 6.07) is 4.15. The van der Waals surface area contributed by atoms with Crippen molar-refractivity contribution in [2.45, 2.75) is 34.1 Å². The van der Waals surface area contributed by atoms with Crippen molar-refractivity contribution in [1.82, 2.24) is 4.90 Å². The molecule has 2 aromatic rings. The number of aryl methyl sites for hydroxylation is 2. The molecule has 1 aromatic heterocycles. The Morgan fingerprint density at radius 3 is 2.55 bits per heavy atom. The van der Waals surface area contributed by atoms with Crippen LogP contribution in [-0.4, -0.2) is 24.4 Å². The maximum absolute atomic E-state index is 12.2. The van der Waals surface area contributed by atoms with Crippen molar-refractivity contribution in [3.8, 4) is 0 Å². The van der Waals surface area contributed by atoms with E-state index in [1.54, 1.807) is 11.2 Å². The molecule has 1 amide bonds. The summed E-state index contributed by atoms with van der Waals surface area (Å²) in [5.41, 5.74) is 4.27. The first kappa shape index (κ1) is 14.6. The van der Waals surface area contributed by atoms with Crippen molar-refractivity contribution in [2.24, 2.45) is 5.92 Å². The topological polar surface area (TPSA) is 33.5 Å². The van der Waals surface area contributed by atoms with Crippen LogP contribution in [0.1, 0.15) is 30.5 Å². The lowest BCUT2D eigenvalue weighted by Crippen LogP contribution is -2.31. The molecule has 0 aliphatic carbocycles. The lowest BCUT2D eigenvalue weighted by atomic mass is 10.0. The Kier molecular flexibility index (Phi) is 4.17. The van der Waals surface area contributed by atoms with E-state index in [2.05, 4.69) is 33.8 Å². The molecule has 0 spiro atoms. The van der Waals surface area contributed by atoms with Crippen LogP contribution >= 0.6 is 0 Å². The Morgan fingerprint density at radius 2 is 1.90 bits per heavy atom. The number of hydrogen-bond donors (Lipinski definition) is 0. The third-order valence-electron chi connectivity index (χ3n) is 3.68. The zero-order chi connectivity index (χ0) is 14.9. The van der Waals surface area contributed by atoms with Crippen molar-refractivity contribution in [3.63, 3.8) is 0 Å². The Balaban J connectivity index is 2.22.